The molecule has 1 aromatic carbocycles. The van der Waals surface area contributed by atoms with Gasteiger partial charge in [0.15, 0.2) is 10.4 Å². The fraction of sp³-hybridized carbons (Fsp3) is 0.286. The molecule has 2 rings (SSSR count). The molecule has 1 aromatic heterocycles. The molecule has 0 spiro atoms. The van der Waals surface area contributed by atoms with E-state index < -0.39 is 0 Å². The summed E-state index contributed by atoms with van der Waals surface area (Å²) in [4.78, 5) is 7.10. The van der Waals surface area contributed by atoms with Crippen LogP contribution < -0.4 is 9.47 Å². The van der Waals surface area contributed by atoms with Crippen LogP contribution in [-0.2, 0) is 0 Å². The molecule has 0 atom stereocenters. The number of nitrogens with one attached hydrogen (secondary N) is 1. The van der Waals surface area contributed by atoms with Crippen LogP contribution in [0.5, 0.6) is 11.5 Å². The molecule has 0 amide bonds. The normalized spacial score (nSPS) is 10.5. The number of ether oxygens (including phenoxy) is 2. The van der Waals surface area contributed by atoms with Crippen LogP contribution in [0.3, 0.4) is 0 Å². The highest BCUT2D eigenvalue weighted by atomic mass is 32.1. The van der Waals surface area contributed by atoms with Gasteiger partial charge in [-0.2, -0.15) is 0 Å². The van der Waals surface area contributed by atoms with Gasteiger partial charge < -0.3 is 14.5 Å². The largest absolute Gasteiger partial charge is 0.491 e. The van der Waals surface area contributed by atoms with Crippen molar-refractivity contribution in [1.29, 1.82) is 0 Å². The van der Waals surface area contributed by atoms with Gasteiger partial charge in [0.2, 0.25) is 0 Å². The quantitative estimate of drug-likeness (QED) is 0.867. The molecule has 0 saturated heterocycles. The van der Waals surface area contributed by atoms with Crippen molar-refractivity contribution >= 4 is 12.2 Å². The van der Waals surface area contributed by atoms with Crippen molar-refractivity contribution < 1.29 is 9.47 Å². The van der Waals surface area contributed by atoms with Gasteiger partial charge >= 0.3 is 0 Å². The molecule has 0 aliphatic heterocycles. The lowest BCUT2D eigenvalue weighted by atomic mass is 10.1. The van der Waals surface area contributed by atoms with Gasteiger partial charge in [-0.1, -0.05) is 24.4 Å². The second kappa shape index (κ2) is 5.84. The summed E-state index contributed by atoms with van der Waals surface area (Å²) in [5.74, 6) is 1.34. The van der Waals surface area contributed by atoms with Gasteiger partial charge in [0.25, 0.3) is 0 Å². The Bertz CT molecular complexity index is 623. The number of para-hydroxylation sites is 1. The van der Waals surface area contributed by atoms with E-state index in [0.717, 1.165) is 17.0 Å². The highest BCUT2D eigenvalue weighted by molar-refractivity contribution is 7.71. The average Bonchev–Trinajstić information content (AvgIpc) is 2.38. The van der Waals surface area contributed by atoms with Gasteiger partial charge in [-0.05, 0) is 26.0 Å². The first-order valence-electron chi connectivity index (χ1n) is 6.01. The fourth-order valence-electron chi connectivity index (χ4n) is 1.81. The maximum Gasteiger partial charge on any atom is 0.179 e. The van der Waals surface area contributed by atoms with E-state index in [4.69, 9.17) is 21.7 Å². The van der Waals surface area contributed by atoms with Crippen molar-refractivity contribution in [2.75, 3.05) is 7.11 Å². The predicted octanol–water partition coefficient (Wildman–Crippen LogP) is 3.60. The number of aromatic nitrogens is 2. The van der Waals surface area contributed by atoms with Crippen LogP contribution in [-0.4, -0.2) is 23.2 Å². The van der Waals surface area contributed by atoms with E-state index in [1.807, 2.05) is 38.1 Å². The van der Waals surface area contributed by atoms with E-state index in [1.54, 1.807) is 13.4 Å². The van der Waals surface area contributed by atoms with Crippen molar-refractivity contribution in [2.45, 2.75) is 20.0 Å². The molecule has 1 N–H and O–H groups in total. The van der Waals surface area contributed by atoms with Crippen LogP contribution in [0.1, 0.15) is 13.8 Å². The summed E-state index contributed by atoms with van der Waals surface area (Å²) in [6.45, 7) is 3.98. The SMILES string of the molecule is COc1c(-c2ccccc2OC(C)C)[nH]cnc1=S. The second-order valence-corrected chi connectivity index (χ2v) is 4.67. The van der Waals surface area contributed by atoms with E-state index in [9.17, 15) is 0 Å². The Morgan fingerprint density at radius 2 is 2.00 bits per heavy atom. The summed E-state index contributed by atoms with van der Waals surface area (Å²) in [7, 11) is 1.58. The zero-order chi connectivity index (χ0) is 13.8. The number of benzene rings is 1. The van der Waals surface area contributed by atoms with E-state index in [2.05, 4.69) is 9.97 Å². The van der Waals surface area contributed by atoms with Crippen LogP contribution >= 0.6 is 12.2 Å². The first kappa shape index (κ1) is 13.5. The third kappa shape index (κ3) is 2.93. The molecule has 0 aliphatic rings. The van der Waals surface area contributed by atoms with Gasteiger partial charge in [0.05, 0.1) is 25.2 Å². The Hall–Kier alpha value is -1.88. The number of nitrogens with zero attached hydrogens (tertiary/aromatic N) is 1. The highest BCUT2D eigenvalue weighted by Crippen LogP contribution is 2.34. The van der Waals surface area contributed by atoms with Gasteiger partial charge in [-0.15, -0.1) is 0 Å². The topological polar surface area (TPSA) is 47.1 Å². The van der Waals surface area contributed by atoms with Crippen LogP contribution in [0, 0.1) is 4.64 Å². The number of aromatic amines is 1. The van der Waals surface area contributed by atoms with E-state index in [1.165, 1.54) is 0 Å². The minimum absolute atomic E-state index is 0.0944. The summed E-state index contributed by atoms with van der Waals surface area (Å²) in [5.41, 5.74) is 1.68. The van der Waals surface area contributed by atoms with Crippen molar-refractivity contribution in [3.63, 3.8) is 0 Å². The first-order valence-corrected chi connectivity index (χ1v) is 6.42. The Balaban J connectivity index is 2.59. The van der Waals surface area contributed by atoms with E-state index >= 15 is 0 Å². The predicted molar refractivity (Wildman–Crippen MR) is 77.2 cm³/mol. The van der Waals surface area contributed by atoms with Crippen LogP contribution in [0.2, 0.25) is 0 Å². The lowest BCUT2D eigenvalue weighted by Crippen LogP contribution is -2.07. The summed E-state index contributed by atoms with van der Waals surface area (Å²) < 4.78 is 11.6. The molecular weight excluding hydrogens is 260 g/mol. The van der Waals surface area contributed by atoms with Gasteiger partial charge in [0.1, 0.15) is 5.75 Å². The summed E-state index contributed by atoms with van der Waals surface area (Å²) in [5, 5.41) is 0. The zero-order valence-corrected chi connectivity index (χ0v) is 12.0. The molecule has 5 heteroatoms. The van der Waals surface area contributed by atoms with Gasteiger partial charge in [-0.25, -0.2) is 4.98 Å². The summed E-state index contributed by atoms with van der Waals surface area (Å²) in [6.07, 6.45) is 1.66. The first-order chi connectivity index (χ1) is 9.13. The Labute approximate surface area is 117 Å². The van der Waals surface area contributed by atoms with Crippen molar-refractivity contribution in [2.24, 2.45) is 0 Å². The molecule has 19 heavy (non-hydrogen) atoms. The van der Waals surface area contributed by atoms with Crippen LogP contribution in [0.4, 0.5) is 0 Å². The van der Waals surface area contributed by atoms with Gasteiger partial charge in [-0.3, -0.25) is 0 Å². The number of hydrogen-bond donors (Lipinski definition) is 1. The summed E-state index contributed by atoms with van der Waals surface area (Å²) in [6, 6.07) is 7.76. The lowest BCUT2D eigenvalue weighted by Gasteiger charge is -2.15. The summed E-state index contributed by atoms with van der Waals surface area (Å²) >= 11 is 5.17. The second-order valence-electron chi connectivity index (χ2n) is 4.28. The minimum atomic E-state index is 0.0944. The maximum absolute atomic E-state index is 5.81. The van der Waals surface area contributed by atoms with E-state index in [0.29, 0.717) is 10.4 Å². The third-order valence-electron chi connectivity index (χ3n) is 2.54. The molecule has 100 valence electrons. The van der Waals surface area contributed by atoms with Crippen LogP contribution in [0.15, 0.2) is 30.6 Å². The molecule has 0 fully saturated rings. The number of H-pyrrole nitrogens is 1. The minimum Gasteiger partial charge on any atom is -0.491 e. The van der Waals surface area contributed by atoms with Crippen molar-refractivity contribution in [3.8, 4) is 22.8 Å². The standard InChI is InChI=1S/C14H16N2O2S/c1-9(2)18-11-7-5-4-6-10(11)12-13(17-3)14(19)16-8-15-12/h4-9H,1-3H3,(H,15,16,19). The molecule has 0 bridgehead atoms. The number of hydrogen-bond acceptors (Lipinski definition) is 4. The van der Waals surface area contributed by atoms with E-state index in [-0.39, 0.29) is 6.10 Å². The molecule has 1 heterocycles. The molecule has 4 nitrogen and oxygen atoms in total. The average molecular weight is 276 g/mol. The zero-order valence-electron chi connectivity index (χ0n) is 11.1. The monoisotopic (exact) mass is 276 g/mol. The fourth-order valence-corrected chi connectivity index (χ4v) is 2.04. The van der Waals surface area contributed by atoms with Crippen molar-refractivity contribution in [1.82, 2.24) is 9.97 Å². The molecule has 0 unspecified atom stereocenters. The number of rotatable bonds is 4. The third-order valence-corrected chi connectivity index (χ3v) is 2.83. The van der Waals surface area contributed by atoms with Crippen molar-refractivity contribution in [3.05, 3.63) is 35.2 Å². The highest BCUT2D eigenvalue weighted by Gasteiger charge is 2.13. The maximum atomic E-state index is 5.81. The molecular formula is C14H16N2O2S. The lowest BCUT2D eigenvalue weighted by molar-refractivity contribution is 0.243. The van der Waals surface area contributed by atoms with Gasteiger partial charge in [0, 0.05) is 5.56 Å². The van der Waals surface area contributed by atoms with Crippen LogP contribution in [0.25, 0.3) is 11.3 Å². The Morgan fingerprint density at radius 1 is 1.26 bits per heavy atom. The molecule has 0 saturated carbocycles. The smallest absolute Gasteiger partial charge is 0.179 e. The molecule has 2 aromatic rings. The Kier molecular flexibility index (Phi) is 4.16. The number of methoxy groups -OCH3 is 1. The molecule has 0 aliphatic carbocycles. The molecule has 0 radical (unpaired) electrons. The Morgan fingerprint density at radius 3 is 2.68 bits per heavy atom.